The van der Waals surface area contributed by atoms with Gasteiger partial charge in [-0.3, -0.25) is 9.69 Å². The summed E-state index contributed by atoms with van der Waals surface area (Å²) in [5.74, 6) is 0.399. The van der Waals surface area contributed by atoms with Crippen molar-refractivity contribution in [3.05, 3.63) is 59.7 Å². The van der Waals surface area contributed by atoms with E-state index >= 15 is 0 Å². The van der Waals surface area contributed by atoms with Crippen LogP contribution in [0, 0.1) is 0 Å². The molecule has 2 rings (SSSR count). The number of hydrogen-bond acceptors (Lipinski definition) is 2. The number of nitrogens with zero attached hydrogens (tertiary/aromatic N) is 2. The molecule has 1 saturated heterocycles. The Balaban J connectivity index is 2.09. The van der Waals surface area contributed by atoms with Crippen LogP contribution in [-0.4, -0.2) is 47.9 Å². The largest absolute Gasteiger partial charge is 0.340 e. The Morgan fingerprint density at radius 2 is 1.78 bits per heavy atom. The fourth-order valence-corrected chi connectivity index (χ4v) is 3.76. The predicted molar refractivity (Wildman–Crippen MR) is 115 cm³/mol. The van der Waals surface area contributed by atoms with Crippen LogP contribution in [0.15, 0.2) is 54.1 Å². The van der Waals surface area contributed by atoms with E-state index in [9.17, 15) is 4.79 Å². The number of allylic oxidation sites excluding steroid dienone is 4. The SMILES string of the molecule is C/C=C(\C=C/CC)C(CC(=O)N1CCN(C(C)CC)CC1)c1ccccc1. The molecule has 3 heteroatoms. The Hall–Kier alpha value is -1.87. The molecule has 2 unspecified atom stereocenters. The third-order valence-corrected chi connectivity index (χ3v) is 5.74. The number of benzene rings is 1. The Morgan fingerprint density at radius 1 is 1.11 bits per heavy atom. The lowest BCUT2D eigenvalue weighted by Crippen LogP contribution is -2.51. The van der Waals surface area contributed by atoms with Gasteiger partial charge in [-0.25, -0.2) is 0 Å². The normalized spacial score (nSPS) is 18.7. The molecule has 27 heavy (non-hydrogen) atoms. The van der Waals surface area contributed by atoms with Crippen LogP contribution in [0.2, 0.25) is 0 Å². The van der Waals surface area contributed by atoms with Crippen LogP contribution >= 0.6 is 0 Å². The number of piperazine rings is 1. The molecule has 1 heterocycles. The molecule has 0 saturated carbocycles. The fraction of sp³-hybridized carbons (Fsp3) is 0.542. The maximum atomic E-state index is 13.1. The average Bonchev–Trinajstić information content (AvgIpc) is 2.73. The van der Waals surface area contributed by atoms with Crippen LogP contribution < -0.4 is 0 Å². The van der Waals surface area contributed by atoms with Crippen molar-refractivity contribution in [2.75, 3.05) is 26.2 Å². The van der Waals surface area contributed by atoms with Crippen molar-refractivity contribution in [3.8, 4) is 0 Å². The van der Waals surface area contributed by atoms with Crippen LogP contribution in [0.3, 0.4) is 0 Å². The summed E-state index contributed by atoms with van der Waals surface area (Å²) in [6.45, 7) is 12.4. The molecule has 0 radical (unpaired) electrons. The van der Waals surface area contributed by atoms with Crippen LogP contribution in [0.1, 0.15) is 58.4 Å². The van der Waals surface area contributed by atoms with Gasteiger partial charge < -0.3 is 4.90 Å². The van der Waals surface area contributed by atoms with E-state index in [1.807, 2.05) is 6.07 Å². The number of hydrogen-bond donors (Lipinski definition) is 0. The van der Waals surface area contributed by atoms with Crippen LogP contribution in [0.25, 0.3) is 0 Å². The first-order chi connectivity index (χ1) is 13.1. The topological polar surface area (TPSA) is 23.6 Å². The van der Waals surface area contributed by atoms with E-state index in [1.165, 1.54) is 17.6 Å². The molecule has 1 amide bonds. The molecule has 1 aromatic rings. The number of carbonyl (C=O) groups excluding carboxylic acids is 1. The quantitative estimate of drug-likeness (QED) is 0.602. The van der Waals surface area contributed by atoms with E-state index in [2.05, 4.69) is 80.0 Å². The summed E-state index contributed by atoms with van der Waals surface area (Å²) < 4.78 is 0. The molecular weight excluding hydrogens is 332 g/mol. The van der Waals surface area contributed by atoms with E-state index in [4.69, 9.17) is 0 Å². The second kappa shape index (κ2) is 11.1. The summed E-state index contributed by atoms with van der Waals surface area (Å²) in [5.41, 5.74) is 2.45. The van der Waals surface area contributed by atoms with Gasteiger partial charge in [0.05, 0.1) is 0 Å². The molecule has 148 valence electrons. The Kier molecular flexibility index (Phi) is 8.80. The first-order valence-electron chi connectivity index (χ1n) is 10.5. The third kappa shape index (κ3) is 6.07. The highest BCUT2D eigenvalue weighted by Crippen LogP contribution is 2.30. The van der Waals surface area contributed by atoms with Crippen LogP contribution in [-0.2, 0) is 4.79 Å². The van der Waals surface area contributed by atoms with Gasteiger partial charge in [-0.1, -0.05) is 62.4 Å². The molecule has 1 fully saturated rings. The van der Waals surface area contributed by atoms with Gasteiger partial charge in [0.1, 0.15) is 0 Å². The molecule has 1 aliphatic rings. The fourth-order valence-electron chi connectivity index (χ4n) is 3.76. The van der Waals surface area contributed by atoms with Crippen molar-refractivity contribution in [2.24, 2.45) is 0 Å². The van der Waals surface area contributed by atoms with E-state index in [-0.39, 0.29) is 11.8 Å². The zero-order valence-corrected chi connectivity index (χ0v) is 17.5. The zero-order chi connectivity index (χ0) is 19.6. The van der Waals surface area contributed by atoms with Crippen molar-refractivity contribution in [3.63, 3.8) is 0 Å². The van der Waals surface area contributed by atoms with Crippen molar-refractivity contribution in [2.45, 2.75) is 58.9 Å². The van der Waals surface area contributed by atoms with Crippen LogP contribution in [0.5, 0.6) is 0 Å². The second-order valence-corrected chi connectivity index (χ2v) is 7.44. The van der Waals surface area contributed by atoms with Crippen molar-refractivity contribution in [1.82, 2.24) is 9.80 Å². The van der Waals surface area contributed by atoms with Gasteiger partial charge in [-0.2, -0.15) is 0 Å². The van der Waals surface area contributed by atoms with Gasteiger partial charge in [0.2, 0.25) is 5.91 Å². The zero-order valence-electron chi connectivity index (χ0n) is 17.5. The minimum Gasteiger partial charge on any atom is -0.340 e. The van der Waals surface area contributed by atoms with Crippen molar-refractivity contribution in [1.29, 1.82) is 0 Å². The first-order valence-corrected chi connectivity index (χ1v) is 10.5. The van der Waals surface area contributed by atoms with Gasteiger partial charge >= 0.3 is 0 Å². The smallest absolute Gasteiger partial charge is 0.223 e. The van der Waals surface area contributed by atoms with E-state index in [0.717, 1.165) is 32.6 Å². The van der Waals surface area contributed by atoms with Crippen molar-refractivity contribution < 1.29 is 4.79 Å². The highest BCUT2D eigenvalue weighted by atomic mass is 16.2. The lowest BCUT2D eigenvalue weighted by molar-refractivity contribution is -0.133. The molecule has 1 aliphatic heterocycles. The summed E-state index contributed by atoms with van der Waals surface area (Å²) in [6.07, 6.45) is 9.23. The summed E-state index contributed by atoms with van der Waals surface area (Å²) in [5, 5.41) is 0. The number of rotatable bonds is 8. The molecule has 0 aliphatic carbocycles. The summed E-state index contributed by atoms with van der Waals surface area (Å²) in [7, 11) is 0. The lowest BCUT2D eigenvalue weighted by atomic mass is 9.87. The Bertz CT molecular complexity index is 627. The lowest BCUT2D eigenvalue weighted by Gasteiger charge is -2.38. The number of amides is 1. The highest BCUT2D eigenvalue weighted by molar-refractivity contribution is 5.78. The number of carbonyl (C=O) groups is 1. The molecule has 0 bridgehead atoms. The second-order valence-electron chi connectivity index (χ2n) is 7.44. The van der Waals surface area contributed by atoms with Gasteiger partial charge in [-0.15, -0.1) is 0 Å². The monoisotopic (exact) mass is 368 g/mol. The summed E-state index contributed by atoms with van der Waals surface area (Å²) in [4.78, 5) is 17.6. The van der Waals surface area contributed by atoms with E-state index in [0.29, 0.717) is 12.5 Å². The van der Waals surface area contributed by atoms with Crippen molar-refractivity contribution >= 4 is 5.91 Å². The summed E-state index contributed by atoms with van der Waals surface area (Å²) >= 11 is 0. The third-order valence-electron chi connectivity index (χ3n) is 5.74. The first kappa shape index (κ1) is 21.4. The Labute approximate surface area is 165 Å². The maximum absolute atomic E-state index is 13.1. The Morgan fingerprint density at radius 3 is 2.33 bits per heavy atom. The molecule has 0 N–H and O–H groups in total. The van der Waals surface area contributed by atoms with Gasteiger partial charge in [0.15, 0.2) is 0 Å². The summed E-state index contributed by atoms with van der Waals surface area (Å²) in [6, 6.07) is 11.1. The standard InChI is InChI=1S/C24H36N2O/c1-5-8-12-21(7-3)23(22-13-10-9-11-14-22)19-24(27)26-17-15-25(16-18-26)20(4)6-2/h7-14,20,23H,5-6,15-19H2,1-4H3/b12-8-,21-7+. The average molecular weight is 369 g/mol. The minimum atomic E-state index is 0.124. The van der Waals surface area contributed by atoms with Gasteiger partial charge in [-0.05, 0) is 37.8 Å². The van der Waals surface area contributed by atoms with Gasteiger partial charge in [0.25, 0.3) is 0 Å². The molecule has 0 aromatic heterocycles. The van der Waals surface area contributed by atoms with Gasteiger partial charge in [0, 0.05) is 44.6 Å². The van der Waals surface area contributed by atoms with Crippen LogP contribution in [0.4, 0.5) is 0 Å². The molecule has 0 spiro atoms. The van der Waals surface area contributed by atoms with E-state index in [1.54, 1.807) is 0 Å². The predicted octanol–water partition coefficient (Wildman–Crippen LogP) is 5.02. The maximum Gasteiger partial charge on any atom is 0.223 e. The molecular formula is C24H36N2O. The molecule has 3 nitrogen and oxygen atoms in total. The molecule has 1 aromatic carbocycles. The highest BCUT2D eigenvalue weighted by Gasteiger charge is 2.26. The molecule has 2 atom stereocenters. The van der Waals surface area contributed by atoms with E-state index < -0.39 is 0 Å². The minimum absolute atomic E-state index is 0.124.